The van der Waals surface area contributed by atoms with Gasteiger partial charge in [-0.3, -0.25) is 4.79 Å². The standard InChI is InChI=1S/C18H20O6/c1-11-8-16(13(6-7-19)14(11)10-20)24-18(21)12-4-5-15(22-2)17(9-12)23-3/h4-5,7,9-10,13,16H,6,8H2,1-3H3/t13-,16-/m1/s1. The Morgan fingerprint density at radius 3 is 2.50 bits per heavy atom. The molecule has 128 valence electrons. The van der Waals surface area contributed by atoms with Crippen molar-refractivity contribution in [3.63, 3.8) is 0 Å². The van der Waals surface area contributed by atoms with Crippen LogP contribution in [0.3, 0.4) is 0 Å². The van der Waals surface area contributed by atoms with Crippen LogP contribution in [0.15, 0.2) is 29.3 Å². The van der Waals surface area contributed by atoms with Crippen LogP contribution in [0.5, 0.6) is 11.5 Å². The third-order valence-electron chi connectivity index (χ3n) is 4.20. The minimum atomic E-state index is -0.531. The van der Waals surface area contributed by atoms with Gasteiger partial charge in [0.05, 0.1) is 19.8 Å². The number of esters is 1. The molecule has 1 aromatic carbocycles. The van der Waals surface area contributed by atoms with Gasteiger partial charge in [-0.1, -0.05) is 5.57 Å². The number of carbonyl (C=O) groups is 3. The summed E-state index contributed by atoms with van der Waals surface area (Å²) in [5.41, 5.74) is 1.71. The molecule has 2 rings (SSSR count). The van der Waals surface area contributed by atoms with Gasteiger partial charge in [0.2, 0.25) is 0 Å². The molecule has 0 radical (unpaired) electrons. The van der Waals surface area contributed by atoms with Crippen molar-refractivity contribution in [2.75, 3.05) is 14.2 Å². The second-order valence-electron chi connectivity index (χ2n) is 5.58. The molecule has 1 aliphatic rings. The van der Waals surface area contributed by atoms with E-state index in [0.717, 1.165) is 18.1 Å². The zero-order valence-corrected chi connectivity index (χ0v) is 13.9. The molecule has 0 N–H and O–H groups in total. The van der Waals surface area contributed by atoms with Crippen molar-refractivity contribution in [1.82, 2.24) is 0 Å². The van der Waals surface area contributed by atoms with E-state index in [4.69, 9.17) is 14.2 Å². The summed E-state index contributed by atoms with van der Waals surface area (Å²) in [5.74, 6) is 0.0149. The van der Waals surface area contributed by atoms with Crippen molar-refractivity contribution >= 4 is 18.5 Å². The Labute approximate surface area is 140 Å². The van der Waals surface area contributed by atoms with Crippen molar-refractivity contribution in [2.45, 2.75) is 25.9 Å². The monoisotopic (exact) mass is 332 g/mol. The summed E-state index contributed by atoms with van der Waals surface area (Å²) in [6.07, 6.45) is 1.56. The second-order valence-corrected chi connectivity index (χ2v) is 5.58. The minimum Gasteiger partial charge on any atom is -0.493 e. The number of methoxy groups -OCH3 is 2. The molecule has 0 aromatic heterocycles. The molecule has 0 heterocycles. The Bertz CT molecular complexity index is 676. The molecule has 6 nitrogen and oxygen atoms in total. The molecule has 0 amide bonds. The first-order valence-electron chi connectivity index (χ1n) is 7.57. The van der Waals surface area contributed by atoms with E-state index < -0.39 is 12.1 Å². The Balaban J connectivity index is 2.17. The number of hydrogen-bond acceptors (Lipinski definition) is 6. The highest BCUT2D eigenvalue weighted by molar-refractivity contribution is 5.90. The summed E-state index contributed by atoms with van der Waals surface area (Å²) in [6, 6.07) is 4.73. The van der Waals surface area contributed by atoms with Crippen molar-refractivity contribution in [3.05, 3.63) is 34.9 Å². The van der Waals surface area contributed by atoms with Crippen LogP contribution >= 0.6 is 0 Å². The van der Waals surface area contributed by atoms with Crippen LogP contribution < -0.4 is 9.47 Å². The van der Waals surface area contributed by atoms with Gasteiger partial charge in [0.1, 0.15) is 18.7 Å². The van der Waals surface area contributed by atoms with Gasteiger partial charge in [-0.05, 0) is 30.7 Å². The Morgan fingerprint density at radius 1 is 1.21 bits per heavy atom. The van der Waals surface area contributed by atoms with Crippen LogP contribution in [0.1, 0.15) is 30.1 Å². The topological polar surface area (TPSA) is 78.9 Å². The predicted molar refractivity (Wildman–Crippen MR) is 86.3 cm³/mol. The maximum Gasteiger partial charge on any atom is 0.338 e. The van der Waals surface area contributed by atoms with Gasteiger partial charge < -0.3 is 19.0 Å². The maximum atomic E-state index is 12.4. The van der Waals surface area contributed by atoms with E-state index in [2.05, 4.69) is 0 Å². The normalized spacial score (nSPS) is 19.8. The lowest BCUT2D eigenvalue weighted by atomic mass is 9.96. The van der Waals surface area contributed by atoms with E-state index in [1.54, 1.807) is 12.1 Å². The average molecular weight is 332 g/mol. The van der Waals surface area contributed by atoms with Crippen molar-refractivity contribution in [2.24, 2.45) is 5.92 Å². The van der Waals surface area contributed by atoms with Gasteiger partial charge in [0, 0.05) is 18.8 Å². The first kappa shape index (κ1) is 17.7. The number of benzene rings is 1. The van der Waals surface area contributed by atoms with Crippen LogP contribution in [-0.2, 0) is 14.3 Å². The van der Waals surface area contributed by atoms with Crippen molar-refractivity contribution in [3.8, 4) is 11.5 Å². The molecule has 0 fully saturated rings. The molecule has 0 unspecified atom stereocenters. The summed E-state index contributed by atoms with van der Waals surface area (Å²) < 4.78 is 15.9. The number of ether oxygens (including phenoxy) is 3. The van der Waals surface area contributed by atoms with Crippen molar-refractivity contribution < 1.29 is 28.6 Å². The first-order valence-corrected chi connectivity index (χ1v) is 7.57. The van der Waals surface area contributed by atoms with Crippen LogP contribution in [0.2, 0.25) is 0 Å². The van der Waals surface area contributed by atoms with E-state index >= 15 is 0 Å². The zero-order chi connectivity index (χ0) is 17.7. The molecular formula is C18H20O6. The first-order chi connectivity index (χ1) is 11.5. The van der Waals surface area contributed by atoms with Gasteiger partial charge in [-0.25, -0.2) is 4.79 Å². The maximum absolute atomic E-state index is 12.4. The lowest BCUT2D eigenvalue weighted by molar-refractivity contribution is -0.109. The van der Waals surface area contributed by atoms with E-state index in [0.29, 0.717) is 29.1 Å². The fourth-order valence-electron chi connectivity index (χ4n) is 2.94. The SMILES string of the molecule is COc1ccc(C(=O)O[C@@H]2CC(C)=C(C=O)[C@H]2CC=O)cc1OC. The van der Waals surface area contributed by atoms with E-state index in [1.807, 2.05) is 6.92 Å². The van der Waals surface area contributed by atoms with Gasteiger partial charge >= 0.3 is 5.97 Å². The second kappa shape index (κ2) is 7.77. The molecule has 0 saturated carbocycles. The predicted octanol–water partition coefficient (Wildman–Crippen LogP) is 2.35. The summed E-state index contributed by atoms with van der Waals surface area (Å²) >= 11 is 0. The van der Waals surface area contributed by atoms with Crippen molar-refractivity contribution in [1.29, 1.82) is 0 Å². The molecule has 0 bridgehead atoms. The summed E-state index contributed by atoms with van der Waals surface area (Å²) in [7, 11) is 2.99. The molecule has 2 atom stereocenters. The van der Waals surface area contributed by atoms with Crippen LogP contribution in [0.4, 0.5) is 0 Å². The van der Waals surface area contributed by atoms with Crippen LogP contribution in [0, 0.1) is 5.92 Å². The minimum absolute atomic E-state index is 0.148. The molecular weight excluding hydrogens is 312 g/mol. The fourth-order valence-corrected chi connectivity index (χ4v) is 2.94. The Kier molecular flexibility index (Phi) is 5.73. The van der Waals surface area contributed by atoms with E-state index in [-0.39, 0.29) is 12.3 Å². The summed E-state index contributed by atoms with van der Waals surface area (Å²) in [6.45, 7) is 1.81. The number of hydrogen-bond donors (Lipinski definition) is 0. The highest BCUT2D eigenvalue weighted by Crippen LogP contribution is 2.36. The molecule has 0 aliphatic heterocycles. The summed E-state index contributed by atoms with van der Waals surface area (Å²) in [5, 5.41) is 0. The highest BCUT2D eigenvalue weighted by Gasteiger charge is 2.35. The summed E-state index contributed by atoms with van der Waals surface area (Å²) in [4.78, 5) is 34.5. The Morgan fingerprint density at radius 2 is 1.92 bits per heavy atom. The molecule has 1 aromatic rings. The lowest BCUT2D eigenvalue weighted by Gasteiger charge is -2.20. The molecule has 6 heteroatoms. The highest BCUT2D eigenvalue weighted by atomic mass is 16.5. The fraction of sp³-hybridized carbons (Fsp3) is 0.389. The molecule has 1 aliphatic carbocycles. The third-order valence-corrected chi connectivity index (χ3v) is 4.20. The van der Waals surface area contributed by atoms with Gasteiger partial charge in [-0.15, -0.1) is 0 Å². The van der Waals surface area contributed by atoms with Crippen LogP contribution in [0.25, 0.3) is 0 Å². The lowest BCUT2D eigenvalue weighted by Crippen LogP contribution is -2.25. The quantitative estimate of drug-likeness (QED) is 0.563. The van der Waals surface area contributed by atoms with E-state index in [1.165, 1.54) is 20.3 Å². The number of aldehydes is 2. The van der Waals surface area contributed by atoms with Gasteiger partial charge in [-0.2, -0.15) is 0 Å². The Hall–Kier alpha value is -2.63. The number of rotatable bonds is 7. The zero-order valence-electron chi connectivity index (χ0n) is 13.9. The molecule has 24 heavy (non-hydrogen) atoms. The van der Waals surface area contributed by atoms with Gasteiger partial charge in [0.25, 0.3) is 0 Å². The average Bonchev–Trinajstić information content (AvgIpc) is 2.88. The smallest absolute Gasteiger partial charge is 0.338 e. The van der Waals surface area contributed by atoms with Crippen LogP contribution in [-0.4, -0.2) is 38.9 Å². The molecule has 0 saturated heterocycles. The largest absolute Gasteiger partial charge is 0.493 e. The molecule has 0 spiro atoms. The van der Waals surface area contributed by atoms with E-state index in [9.17, 15) is 14.4 Å². The van der Waals surface area contributed by atoms with Gasteiger partial charge in [0.15, 0.2) is 11.5 Å². The number of carbonyl (C=O) groups excluding carboxylic acids is 3. The third kappa shape index (κ3) is 3.48.